The van der Waals surface area contributed by atoms with Crippen molar-refractivity contribution in [2.24, 2.45) is 12.8 Å². The van der Waals surface area contributed by atoms with Gasteiger partial charge in [-0.2, -0.15) is 4.80 Å². The maximum absolute atomic E-state index is 6.03. The van der Waals surface area contributed by atoms with Crippen LogP contribution < -0.4 is 5.73 Å². The summed E-state index contributed by atoms with van der Waals surface area (Å²) in [7, 11) is 1.73. The zero-order chi connectivity index (χ0) is 11.5. The maximum atomic E-state index is 6.03. The van der Waals surface area contributed by atoms with E-state index in [4.69, 9.17) is 5.73 Å². The molecule has 0 spiro atoms. The number of rotatable bonds is 3. The maximum Gasteiger partial charge on any atom is 0.176 e. The number of nitrogens with two attached hydrogens (primary N) is 1. The summed E-state index contributed by atoms with van der Waals surface area (Å²) < 4.78 is 0. The normalized spacial score (nSPS) is 12.7. The molecule has 0 aliphatic rings. The van der Waals surface area contributed by atoms with E-state index in [-0.39, 0.29) is 6.04 Å². The van der Waals surface area contributed by atoms with Crippen LogP contribution in [0.15, 0.2) is 18.3 Å². The first kappa shape index (κ1) is 10.7. The molecule has 16 heavy (non-hydrogen) atoms. The minimum Gasteiger partial charge on any atom is -0.322 e. The van der Waals surface area contributed by atoms with E-state index in [0.29, 0.717) is 12.2 Å². The van der Waals surface area contributed by atoms with Gasteiger partial charge in [0.1, 0.15) is 0 Å². The van der Waals surface area contributed by atoms with Gasteiger partial charge in [-0.15, -0.1) is 10.2 Å². The highest BCUT2D eigenvalue weighted by Gasteiger charge is 2.11. The Kier molecular flexibility index (Phi) is 2.91. The lowest BCUT2D eigenvalue weighted by Gasteiger charge is -2.08. The second-order valence-corrected chi connectivity index (χ2v) is 3.76. The van der Waals surface area contributed by atoms with Crippen LogP contribution in [0.5, 0.6) is 0 Å². The van der Waals surface area contributed by atoms with Gasteiger partial charge in [-0.1, -0.05) is 0 Å². The summed E-state index contributed by atoms with van der Waals surface area (Å²) in [5.41, 5.74) is 8.03. The largest absolute Gasteiger partial charge is 0.322 e. The van der Waals surface area contributed by atoms with Crippen LogP contribution in [0.25, 0.3) is 0 Å². The summed E-state index contributed by atoms with van der Waals surface area (Å²) in [6.45, 7) is 2.01. The van der Waals surface area contributed by atoms with Crippen molar-refractivity contribution in [2.75, 3.05) is 0 Å². The molecule has 6 heteroatoms. The van der Waals surface area contributed by atoms with Gasteiger partial charge in [-0.25, -0.2) is 0 Å². The predicted octanol–water partition coefficient (Wildman–Crippen LogP) is 0.156. The number of tetrazole rings is 1. The van der Waals surface area contributed by atoms with Crippen LogP contribution in [0.4, 0.5) is 0 Å². The molecule has 1 unspecified atom stereocenters. The molecule has 2 rings (SSSR count). The zero-order valence-corrected chi connectivity index (χ0v) is 9.33. The number of hydrogen-bond acceptors (Lipinski definition) is 5. The summed E-state index contributed by atoms with van der Waals surface area (Å²) >= 11 is 0. The minimum absolute atomic E-state index is 0.191. The molecule has 0 saturated heterocycles. The molecule has 0 aromatic carbocycles. The molecule has 0 aliphatic heterocycles. The lowest BCUT2D eigenvalue weighted by molar-refractivity contribution is 0.620. The monoisotopic (exact) mass is 218 g/mol. The highest BCUT2D eigenvalue weighted by Crippen LogP contribution is 2.12. The van der Waals surface area contributed by atoms with E-state index < -0.39 is 0 Å². The Morgan fingerprint density at radius 1 is 1.50 bits per heavy atom. The third-order valence-electron chi connectivity index (χ3n) is 2.27. The molecule has 2 aromatic heterocycles. The molecule has 6 nitrogen and oxygen atoms in total. The number of nitrogens with zero attached hydrogens (tertiary/aromatic N) is 5. The van der Waals surface area contributed by atoms with Crippen molar-refractivity contribution in [1.82, 2.24) is 25.2 Å². The lowest BCUT2D eigenvalue weighted by Crippen LogP contribution is -2.16. The Morgan fingerprint density at radius 3 is 2.94 bits per heavy atom. The molecule has 0 bridgehead atoms. The van der Waals surface area contributed by atoms with Crippen molar-refractivity contribution in [3.63, 3.8) is 0 Å². The van der Waals surface area contributed by atoms with Crippen LogP contribution in [0.2, 0.25) is 0 Å². The number of pyridine rings is 1. The molecule has 84 valence electrons. The molecular weight excluding hydrogens is 204 g/mol. The van der Waals surface area contributed by atoms with Gasteiger partial charge < -0.3 is 5.73 Å². The van der Waals surface area contributed by atoms with Gasteiger partial charge in [-0.3, -0.25) is 4.98 Å². The van der Waals surface area contributed by atoms with Crippen molar-refractivity contribution >= 4 is 0 Å². The summed E-state index contributed by atoms with van der Waals surface area (Å²) in [5.74, 6) is 0.637. The first-order chi connectivity index (χ1) is 7.65. The van der Waals surface area contributed by atoms with Crippen molar-refractivity contribution < 1.29 is 0 Å². The number of hydrogen-bond donors (Lipinski definition) is 1. The summed E-state index contributed by atoms with van der Waals surface area (Å²) in [6.07, 6.45) is 2.30. The summed E-state index contributed by atoms with van der Waals surface area (Å²) in [6, 6.07) is 3.72. The molecule has 2 N–H and O–H groups in total. The highest BCUT2D eigenvalue weighted by atomic mass is 15.6. The van der Waals surface area contributed by atoms with Crippen molar-refractivity contribution in [2.45, 2.75) is 19.4 Å². The number of aryl methyl sites for hydroxylation is 2. The van der Waals surface area contributed by atoms with Crippen LogP contribution in [0.3, 0.4) is 0 Å². The standard InChI is InChI=1S/C10H14N6/c1-7-3-4-12-9(5-7)8(11)6-10-13-15-16(2)14-10/h3-5,8H,6,11H2,1-2H3. The van der Waals surface area contributed by atoms with Gasteiger partial charge in [-0.05, 0) is 29.8 Å². The minimum atomic E-state index is -0.191. The summed E-state index contributed by atoms with van der Waals surface area (Å²) in [5, 5.41) is 11.7. The van der Waals surface area contributed by atoms with Crippen molar-refractivity contribution in [1.29, 1.82) is 0 Å². The van der Waals surface area contributed by atoms with Crippen molar-refractivity contribution in [3.8, 4) is 0 Å². The second kappa shape index (κ2) is 4.36. The van der Waals surface area contributed by atoms with E-state index in [1.165, 1.54) is 4.80 Å². The van der Waals surface area contributed by atoms with Crippen LogP contribution in [-0.4, -0.2) is 25.2 Å². The fraction of sp³-hybridized carbons (Fsp3) is 0.400. The Balaban J connectivity index is 2.11. The summed E-state index contributed by atoms with van der Waals surface area (Å²) in [4.78, 5) is 5.66. The fourth-order valence-corrected chi connectivity index (χ4v) is 1.47. The molecule has 1 atom stereocenters. The van der Waals surface area contributed by atoms with E-state index >= 15 is 0 Å². The lowest BCUT2D eigenvalue weighted by atomic mass is 10.1. The SMILES string of the molecule is Cc1ccnc(C(N)Cc2nnn(C)n2)c1. The van der Waals surface area contributed by atoms with Gasteiger partial charge in [0.15, 0.2) is 5.82 Å². The van der Waals surface area contributed by atoms with Crippen LogP contribution in [0, 0.1) is 6.92 Å². The molecule has 0 aliphatic carbocycles. The highest BCUT2D eigenvalue weighted by molar-refractivity contribution is 5.17. The van der Waals surface area contributed by atoms with Gasteiger partial charge in [0, 0.05) is 12.6 Å². The molecule has 0 amide bonds. The van der Waals surface area contributed by atoms with Crippen LogP contribution in [-0.2, 0) is 13.5 Å². The predicted molar refractivity (Wildman–Crippen MR) is 58.4 cm³/mol. The fourth-order valence-electron chi connectivity index (χ4n) is 1.47. The van der Waals surface area contributed by atoms with Crippen LogP contribution in [0.1, 0.15) is 23.1 Å². The van der Waals surface area contributed by atoms with E-state index in [0.717, 1.165) is 11.3 Å². The quantitative estimate of drug-likeness (QED) is 0.793. The first-order valence-electron chi connectivity index (χ1n) is 5.06. The van der Waals surface area contributed by atoms with E-state index in [1.54, 1.807) is 13.2 Å². The molecular formula is C10H14N6. The third-order valence-corrected chi connectivity index (χ3v) is 2.27. The second-order valence-electron chi connectivity index (χ2n) is 3.76. The average Bonchev–Trinajstić information content (AvgIpc) is 2.64. The zero-order valence-electron chi connectivity index (χ0n) is 9.33. The Bertz CT molecular complexity index is 478. The van der Waals surface area contributed by atoms with Gasteiger partial charge in [0.2, 0.25) is 0 Å². The van der Waals surface area contributed by atoms with Crippen LogP contribution >= 0.6 is 0 Å². The molecule has 2 aromatic rings. The Morgan fingerprint density at radius 2 is 2.31 bits per heavy atom. The van der Waals surface area contributed by atoms with E-state index in [1.807, 2.05) is 19.1 Å². The third kappa shape index (κ3) is 2.40. The average molecular weight is 218 g/mol. The molecule has 0 saturated carbocycles. The van der Waals surface area contributed by atoms with E-state index in [2.05, 4.69) is 20.4 Å². The first-order valence-corrected chi connectivity index (χ1v) is 5.06. The van der Waals surface area contributed by atoms with Gasteiger partial charge in [0.25, 0.3) is 0 Å². The smallest absolute Gasteiger partial charge is 0.176 e. The Labute approximate surface area is 93.5 Å². The van der Waals surface area contributed by atoms with Gasteiger partial charge in [0.05, 0.1) is 18.8 Å². The van der Waals surface area contributed by atoms with E-state index in [9.17, 15) is 0 Å². The van der Waals surface area contributed by atoms with Crippen molar-refractivity contribution in [3.05, 3.63) is 35.4 Å². The Hall–Kier alpha value is -1.82. The molecule has 0 fully saturated rings. The molecule has 2 heterocycles. The molecule has 0 radical (unpaired) electrons. The van der Waals surface area contributed by atoms with Gasteiger partial charge >= 0.3 is 0 Å². The topological polar surface area (TPSA) is 82.5 Å². The number of aromatic nitrogens is 5.